The second-order valence-corrected chi connectivity index (χ2v) is 9.58. The van der Waals surface area contributed by atoms with Gasteiger partial charge in [0.2, 0.25) is 5.91 Å². The van der Waals surface area contributed by atoms with Crippen LogP contribution in [0.3, 0.4) is 0 Å². The van der Waals surface area contributed by atoms with Crippen molar-refractivity contribution in [1.29, 1.82) is 0 Å². The van der Waals surface area contributed by atoms with Crippen molar-refractivity contribution in [2.45, 2.75) is 53.1 Å². The Morgan fingerprint density at radius 2 is 1.44 bits per heavy atom. The van der Waals surface area contributed by atoms with Crippen LogP contribution in [0.5, 0.6) is 11.5 Å². The molecule has 1 amide bonds. The first-order chi connectivity index (χ1) is 17.1. The molecule has 1 atom stereocenters. The van der Waals surface area contributed by atoms with Gasteiger partial charge in [-0.1, -0.05) is 64.1 Å². The highest BCUT2D eigenvalue weighted by Crippen LogP contribution is 2.32. The second-order valence-electron chi connectivity index (χ2n) is 9.58. The summed E-state index contributed by atoms with van der Waals surface area (Å²) in [4.78, 5) is 36.4. The Bertz CT molecular complexity index is 991. The Morgan fingerprint density at radius 3 is 2.06 bits per heavy atom. The third-order valence-corrected chi connectivity index (χ3v) is 5.12. The Labute approximate surface area is 213 Å². The van der Waals surface area contributed by atoms with E-state index in [1.807, 2.05) is 58.0 Å². The van der Waals surface area contributed by atoms with Gasteiger partial charge in [0.25, 0.3) is 0 Å². The average molecular weight is 499 g/mol. The van der Waals surface area contributed by atoms with Crippen LogP contribution in [0.4, 0.5) is 0 Å². The summed E-state index contributed by atoms with van der Waals surface area (Å²) in [7, 11) is 0. The van der Waals surface area contributed by atoms with E-state index >= 15 is 0 Å². The first-order valence-electron chi connectivity index (χ1n) is 12.4. The number of ether oxygens (including phenoxy) is 2. The number of amides is 1. The van der Waals surface area contributed by atoms with Crippen molar-refractivity contribution < 1.29 is 29.0 Å². The second kappa shape index (κ2) is 15.0. The summed E-state index contributed by atoms with van der Waals surface area (Å²) < 4.78 is 10.9. The number of carbonyl (C=O) groups excluding carboxylic acids is 3. The molecule has 0 bridgehead atoms. The van der Waals surface area contributed by atoms with Gasteiger partial charge in [-0.2, -0.15) is 0 Å². The van der Waals surface area contributed by atoms with Gasteiger partial charge < -0.3 is 25.2 Å². The van der Waals surface area contributed by atoms with Gasteiger partial charge in [-0.05, 0) is 35.1 Å². The zero-order valence-corrected chi connectivity index (χ0v) is 21.6. The predicted molar refractivity (Wildman–Crippen MR) is 138 cm³/mol. The molecular weight excluding hydrogens is 460 g/mol. The van der Waals surface area contributed by atoms with E-state index in [0.29, 0.717) is 25.1 Å². The number of hydrogen-bond donors (Lipinski definition) is 3. The summed E-state index contributed by atoms with van der Waals surface area (Å²) in [6.45, 7) is 8.74. The molecule has 0 radical (unpaired) electrons. The van der Waals surface area contributed by atoms with Crippen LogP contribution in [0, 0.1) is 11.8 Å². The summed E-state index contributed by atoms with van der Waals surface area (Å²) in [6, 6.07) is 14.2. The van der Waals surface area contributed by atoms with Crippen molar-refractivity contribution in [3.63, 3.8) is 0 Å². The van der Waals surface area contributed by atoms with Gasteiger partial charge in [0.1, 0.15) is 0 Å². The van der Waals surface area contributed by atoms with E-state index < -0.39 is 18.0 Å². The number of rotatable bonds is 14. The fourth-order valence-corrected chi connectivity index (χ4v) is 3.38. The van der Waals surface area contributed by atoms with Crippen molar-refractivity contribution >= 4 is 17.8 Å². The number of esters is 2. The highest BCUT2D eigenvalue weighted by molar-refractivity contribution is 5.78. The molecular formula is C28H38N2O6. The quantitative estimate of drug-likeness (QED) is 0.207. The highest BCUT2D eigenvalue weighted by atomic mass is 16.6. The maximum Gasteiger partial charge on any atom is 0.311 e. The van der Waals surface area contributed by atoms with Gasteiger partial charge in [-0.3, -0.25) is 14.4 Å². The Kier molecular flexibility index (Phi) is 12.1. The van der Waals surface area contributed by atoms with E-state index in [-0.39, 0.29) is 48.6 Å². The van der Waals surface area contributed by atoms with Crippen LogP contribution in [0.1, 0.15) is 57.8 Å². The van der Waals surface area contributed by atoms with E-state index in [9.17, 15) is 19.5 Å². The monoisotopic (exact) mass is 498 g/mol. The predicted octanol–water partition coefficient (Wildman–Crippen LogP) is 3.57. The lowest BCUT2D eigenvalue weighted by atomic mass is 10.1. The number of benzene rings is 2. The first kappa shape index (κ1) is 29.0. The van der Waals surface area contributed by atoms with Crippen LogP contribution in [-0.2, 0) is 20.8 Å². The third-order valence-electron chi connectivity index (χ3n) is 5.12. The van der Waals surface area contributed by atoms with Crippen molar-refractivity contribution in [2.24, 2.45) is 11.8 Å². The molecule has 196 valence electrons. The molecule has 0 aliphatic rings. The van der Waals surface area contributed by atoms with Crippen LogP contribution in [0.15, 0.2) is 48.5 Å². The zero-order valence-electron chi connectivity index (χ0n) is 21.6. The molecule has 0 aliphatic carbocycles. The van der Waals surface area contributed by atoms with Crippen LogP contribution < -0.4 is 20.1 Å². The smallest absolute Gasteiger partial charge is 0.311 e. The summed E-state index contributed by atoms with van der Waals surface area (Å²) in [5, 5.41) is 16.6. The molecule has 2 aromatic carbocycles. The molecule has 2 aromatic rings. The fourth-order valence-electron chi connectivity index (χ4n) is 3.38. The number of carbonyl (C=O) groups is 3. The largest absolute Gasteiger partial charge is 0.423 e. The molecule has 0 saturated carbocycles. The molecule has 36 heavy (non-hydrogen) atoms. The topological polar surface area (TPSA) is 114 Å². The van der Waals surface area contributed by atoms with Crippen LogP contribution in [0.25, 0.3) is 0 Å². The summed E-state index contributed by atoms with van der Waals surface area (Å²) in [5.41, 5.74) is 1.45. The summed E-state index contributed by atoms with van der Waals surface area (Å²) >= 11 is 0. The molecule has 3 N–H and O–H groups in total. The highest BCUT2D eigenvalue weighted by Gasteiger charge is 2.18. The maximum atomic E-state index is 12.3. The van der Waals surface area contributed by atoms with Crippen molar-refractivity contribution in [1.82, 2.24) is 10.6 Å². The molecule has 8 nitrogen and oxygen atoms in total. The molecule has 8 heteroatoms. The normalized spacial score (nSPS) is 11.9. The van der Waals surface area contributed by atoms with Crippen LogP contribution >= 0.6 is 0 Å². The molecule has 0 fully saturated rings. The van der Waals surface area contributed by atoms with E-state index in [1.54, 1.807) is 6.07 Å². The standard InChI is InChI=1S/C28H38N2O6/c1-19(2)14-27(33)35-24-11-10-22(17-25(24)36-28(34)15-20(3)4)23(31)18-29-12-13-30-26(32)16-21-8-6-5-7-9-21/h5-11,17,19-20,23,29,31H,12-16,18H2,1-4H3,(H,30,32). The molecule has 1 unspecified atom stereocenters. The molecule has 0 aromatic heterocycles. The first-order valence-corrected chi connectivity index (χ1v) is 12.4. The minimum atomic E-state index is -0.895. The van der Waals surface area contributed by atoms with Gasteiger partial charge in [-0.15, -0.1) is 0 Å². The Balaban J connectivity index is 1.91. The number of aliphatic hydroxyl groups is 1. The summed E-state index contributed by atoms with van der Waals surface area (Å²) in [5.74, 6) is -0.461. The number of nitrogens with one attached hydrogen (secondary N) is 2. The maximum absolute atomic E-state index is 12.3. The van der Waals surface area contributed by atoms with Crippen LogP contribution in [0.2, 0.25) is 0 Å². The fraction of sp³-hybridized carbons (Fsp3) is 0.464. The lowest BCUT2D eigenvalue weighted by molar-refractivity contribution is -0.138. The summed E-state index contributed by atoms with van der Waals surface area (Å²) in [6.07, 6.45) is -0.136. The molecule has 2 rings (SSSR count). The SMILES string of the molecule is CC(C)CC(=O)Oc1ccc(C(O)CNCCNC(=O)Cc2ccccc2)cc1OC(=O)CC(C)C. The zero-order chi connectivity index (χ0) is 26.5. The lowest BCUT2D eigenvalue weighted by Crippen LogP contribution is -2.34. The van der Waals surface area contributed by atoms with E-state index in [2.05, 4.69) is 10.6 Å². The van der Waals surface area contributed by atoms with Gasteiger partial charge in [-0.25, -0.2) is 0 Å². The molecule has 0 heterocycles. The minimum absolute atomic E-state index is 0.0704. The molecule has 0 spiro atoms. The lowest BCUT2D eigenvalue weighted by Gasteiger charge is -2.16. The van der Waals surface area contributed by atoms with Crippen molar-refractivity contribution in [3.05, 3.63) is 59.7 Å². The van der Waals surface area contributed by atoms with Crippen LogP contribution in [-0.4, -0.2) is 42.6 Å². The van der Waals surface area contributed by atoms with Crippen molar-refractivity contribution in [3.8, 4) is 11.5 Å². The number of aliphatic hydroxyl groups excluding tert-OH is 1. The number of hydrogen-bond acceptors (Lipinski definition) is 7. The average Bonchev–Trinajstić information content (AvgIpc) is 2.79. The van der Waals surface area contributed by atoms with E-state index in [4.69, 9.17) is 9.47 Å². The molecule has 0 aliphatic heterocycles. The van der Waals surface area contributed by atoms with Crippen molar-refractivity contribution in [2.75, 3.05) is 19.6 Å². The van der Waals surface area contributed by atoms with E-state index in [0.717, 1.165) is 5.56 Å². The Morgan fingerprint density at radius 1 is 0.833 bits per heavy atom. The van der Waals surface area contributed by atoms with Gasteiger partial charge in [0.05, 0.1) is 12.5 Å². The Hall–Kier alpha value is -3.23. The van der Waals surface area contributed by atoms with Gasteiger partial charge in [0.15, 0.2) is 11.5 Å². The minimum Gasteiger partial charge on any atom is -0.423 e. The van der Waals surface area contributed by atoms with Gasteiger partial charge >= 0.3 is 11.9 Å². The van der Waals surface area contributed by atoms with E-state index in [1.165, 1.54) is 12.1 Å². The van der Waals surface area contributed by atoms with Gasteiger partial charge in [0, 0.05) is 32.5 Å². The molecule has 0 saturated heterocycles. The third kappa shape index (κ3) is 11.0.